The topological polar surface area (TPSA) is 51.1 Å². The van der Waals surface area contributed by atoms with Gasteiger partial charge in [0.25, 0.3) is 0 Å². The number of methoxy groups -OCH3 is 1. The molecule has 134 valence electrons. The molecule has 4 rings (SSSR count). The first-order chi connectivity index (χ1) is 13.2. The van der Waals surface area contributed by atoms with Gasteiger partial charge in [-0.1, -0.05) is 18.2 Å². The molecular weight excluding hydrogens is 343 g/mol. The fourth-order valence-corrected chi connectivity index (χ4v) is 2.86. The minimum absolute atomic E-state index is 0.314. The molecule has 0 radical (unpaired) electrons. The summed E-state index contributed by atoms with van der Waals surface area (Å²) in [5.74, 6) is 0.921. The number of halogens is 1. The molecule has 0 aliphatic heterocycles. The molecule has 0 unspecified atom stereocenters. The smallest absolute Gasteiger partial charge is 0.230 e. The number of hydrogen-bond acceptors (Lipinski definition) is 5. The van der Waals surface area contributed by atoms with Crippen molar-refractivity contribution in [2.24, 2.45) is 0 Å². The molecule has 4 aromatic rings. The van der Waals surface area contributed by atoms with Gasteiger partial charge >= 0.3 is 0 Å². The van der Waals surface area contributed by atoms with Gasteiger partial charge in [0.15, 0.2) is 0 Å². The van der Waals surface area contributed by atoms with Crippen LogP contribution in [0.5, 0.6) is 5.75 Å². The third-order valence-corrected chi connectivity index (χ3v) is 4.18. The fraction of sp³-hybridized carbons (Fsp3) is 0.0952. The Morgan fingerprint density at radius 2 is 1.85 bits per heavy atom. The van der Waals surface area contributed by atoms with Gasteiger partial charge in [-0.25, -0.2) is 14.4 Å². The molecule has 0 fully saturated rings. The van der Waals surface area contributed by atoms with Crippen LogP contribution in [0.3, 0.4) is 0 Å². The van der Waals surface area contributed by atoms with E-state index in [0.717, 1.165) is 16.8 Å². The summed E-state index contributed by atoms with van der Waals surface area (Å²) in [5, 5.41) is 0. The molecule has 5 nitrogen and oxygen atoms in total. The van der Waals surface area contributed by atoms with E-state index in [0.29, 0.717) is 23.7 Å². The van der Waals surface area contributed by atoms with Crippen LogP contribution >= 0.6 is 0 Å². The highest BCUT2D eigenvalue weighted by Crippen LogP contribution is 2.27. The molecule has 0 bridgehead atoms. The molecule has 0 aliphatic rings. The zero-order valence-electron chi connectivity index (χ0n) is 14.7. The third-order valence-electron chi connectivity index (χ3n) is 4.18. The Kier molecular flexibility index (Phi) is 4.61. The van der Waals surface area contributed by atoms with Gasteiger partial charge in [0.2, 0.25) is 5.95 Å². The standard InChI is InChI=1S/C21H17FN4O/c1-27-18-8-2-5-15(11-18)14-26(17-7-3-6-16(22)12-17)21-24-13-20-19(25-21)9-4-10-23-20/h2-13H,14H2,1H3. The van der Waals surface area contributed by atoms with Crippen LogP contribution in [0.1, 0.15) is 5.56 Å². The molecule has 0 amide bonds. The lowest BCUT2D eigenvalue weighted by molar-refractivity contribution is 0.414. The lowest BCUT2D eigenvalue weighted by Gasteiger charge is -2.23. The van der Waals surface area contributed by atoms with E-state index >= 15 is 0 Å². The summed E-state index contributed by atoms with van der Waals surface area (Å²) < 4.78 is 19.2. The first kappa shape index (κ1) is 16.9. The highest BCUT2D eigenvalue weighted by atomic mass is 19.1. The largest absolute Gasteiger partial charge is 0.497 e. The monoisotopic (exact) mass is 360 g/mol. The van der Waals surface area contributed by atoms with Crippen LogP contribution < -0.4 is 9.64 Å². The van der Waals surface area contributed by atoms with Crippen LogP contribution in [0.15, 0.2) is 73.1 Å². The van der Waals surface area contributed by atoms with Gasteiger partial charge in [0.05, 0.1) is 25.4 Å². The molecular formula is C21H17FN4O. The maximum atomic E-state index is 13.9. The maximum absolute atomic E-state index is 13.9. The van der Waals surface area contributed by atoms with E-state index in [1.807, 2.05) is 47.4 Å². The fourth-order valence-electron chi connectivity index (χ4n) is 2.86. The summed E-state index contributed by atoms with van der Waals surface area (Å²) in [6, 6.07) is 17.8. The number of hydrogen-bond donors (Lipinski definition) is 0. The van der Waals surface area contributed by atoms with Crippen LogP contribution in [0, 0.1) is 5.82 Å². The molecule has 2 heterocycles. The first-order valence-electron chi connectivity index (χ1n) is 8.47. The van der Waals surface area contributed by atoms with Crippen LogP contribution in [0.25, 0.3) is 11.0 Å². The number of fused-ring (bicyclic) bond motifs is 1. The Labute approximate surface area is 156 Å². The van der Waals surface area contributed by atoms with Crippen molar-refractivity contribution in [1.82, 2.24) is 15.0 Å². The van der Waals surface area contributed by atoms with Gasteiger partial charge in [0.1, 0.15) is 17.1 Å². The quantitative estimate of drug-likeness (QED) is 0.524. The SMILES string of the molecule is COc1cccc(CN(c2cccc(F)c2)c2ncc3ncccc3n2)c1. The highest BCUT2D eigenvalue weighted by Gasteiger charge is 2.15. The molecule has 27 heavy (non-hydrogen) atoms. The second-order valence-corrected chi connectivity index (χ2v) is 6.00. The van der Waals surface area contributed by atoms with Gasteiger partial charge in [-0.3, -0.25) is 4.98 Å². The van der Waals surface area contributed by atoms with Crippen molar-refractivity contribution in [3.8, 4) is 5.75 Å². The summed E-state index contributed by atoms with van der Waals surface area (Å²) in [7, 11) is 1.63. The number of pyridine rings is 1. The average Bonchev–Trinajstić information content (AvgIpc) is 2.72. The van der Waals surface area contributed by atoms with Crippen molar-refractivity contribution in [3.05, 3.63) is 84.4 Å². The Morgan fingerprint density at radius 3 is 2.70 bits per heavy atom. The van der Waals surface area contributed by atoms with E-state index < -0.39 is 0 Å². The number of benzene rings is 2. The number of ether oxygens (including phenoxy) is 1. The zero-order valence-corrected chi connectivity index (χ0v) is 14.7. The van der Waals surface area contributed by atoms with Crippen molar-refractivity contribution < 1.29 is 9.13 Å². The second kappa shape index (κ2) is 7.37. The normalized spacial score (nSPS) is 10.7. The first-order valence-corrected chi connectivity index (χ1v) is 8.47. The molecule has 2 aromatic carbocycles. The Hall–Kier alpha value is -3.54. The maximum Gasteiger partial charge on any atom is 0.230 e. The second-order valence-electron chi connectivity index (χ2n) is 6.00. The lowest BCUT2D eigenvalue weighted by atomic mass is 10.2. The van der Waals surface area contributed by atoms with Crippen LogP contribution in [-0.4, -0.2) is 22.1 Å². The van der Waals surface area contributed by atoms with E-state index in [9.17, 15) is 4.39 Å². The van der Waals surface area contributed by atoms with Crippen molar-refractivity contribution in [3.63, 3.8) is 0 Å². The lowest BCUT2D eigenvalue weighted by Crippen LogP contribution is -2.19. The summed E-state index contributed by atoms with van der Waals surface area (Å²) in [6.45, 7) is 0.465. The molecule has 0 N–H and O–H groups in total. The van der Waals surface area contributed by atoms with Crippen LogP contribution in [-0.2, 0) is 6.54 Å². The summed E-state index contributed by atoms with van der Waals surface area (Å²) in [4.78, 5) is 15.2. The number of aromatic nitrogens is 3. The molecule has 6 heteroatoms. The molecule has 2 aromatic heterocycles. The van der Waals surface area contributed by atoms with Gasteiger partial charge < -0.3 is 9.64 Å². The predicted octanol–water partition coefficient (Wildman–Crippen LogP) is 4.51. The van der Waals surface area contributed by atoms with E-state index in [2.05, 4.69) is 15.0 Å². The summed E-state index contributed by atoms with van der Waals surface area (Å²) in [6.07, 6.45) is 3.38. The van der Waals surface area contributed by atoms with E-state index in [1.165, 1.54) is 12.1 Å². The van der Waals surface area contributed by atoms with Crippen LogP contribution in [0.4, 0.5) is 16.0 Å². The molecule has 0 saturated heterocycles. The summed E-state index contributed by atoms with van der Waals surface area (Å²) in [5.41, 5.74) is 3.10. The number of rotatable bonds is 5. The van der Waals surface area contributed by atoms with Gasteiger partial charge in [-0.2, -0.15) is 0 Å². The summed E-state index contributed by atoms with van der Waals surface area (Å²) >= 11 is 0. The van der Waals surface area contributed by atoms with Gasteiger partial charge in [0, 0.05) is 11.9 Å². The van der Waals surface area contributed by atoms with Gasteiger partial charge in [-0.05, 0) is 48.0 Å². The van der Waals surface area contributed by atoms with Crippen molar-refractivity contribution in [2.45, 2.75) is 6.54 Å². The molecule has 0 saturated carbocycles. The van der Waals surface area contributed by atoms with Crippen molar-refractivity contribution in [2.75, 3.05) is 12.0 Å². The number of nitrogens with zero attached hydrogens (tertiary/aromatic N) is 4. The highest BCUT2D eigenvalue weighted by molar-refractivity contribution is 5.75. The van der Waals surface area contributed by atoms with Crippen LogP contribution in [0.2, 0.25) is 0 Å². The van der Waals surface area contributed by atoms with E-state index in [1.54, 1.807) is 25.6 Å². The molecule has 0 spiro atoms. The van der Waals surface area contributed by atoms with E-state index in [-0.39, 0.29) is 5.82 Å². The third kappa shape index (κ3) is 3.69. The zero-order chi connectivity index (χ0) is 18.6. The number of anilines is 2. The minimum Gasteiger partial charge on any atom is -0.497 e. The predicted molar refractivity (Wildman–Crippen MR) is 103 cm³/mol. The van der Waals surface area contributed by atoms with E-state index in [4.69, 9.17) is 4.74 Å². The molecule has 0 aliphatic carbocycles. The average molecular weight is 360 g/mol. The Bertz CT molecular complexity index is 1090. The minimum atomic E-state index is -0.314. The Morgan fingerprint density at radius 1 is 0.963 bits per heavy atom. The van der Waals surface area contributed by atoms with Gasteiger partial charge in [-0.15, -0.1) is 0 Å². The van der Waals surface area contributed by atoms with Crippen molar-refractivity contribution >= 4 is 22.7 Å². The van der Waals surface area contributed by atoms with Crippen molar-refractivity contribution in [1.29, 1.82) is 0 Å². The molecule has 0 atom stereocenters. The Balaban J connectivity index is 1.79.